The van der Waals surface area contributed by atoms with E-state index in [4.69, 9.17) is 23.2 Å². The van der Waals surface area contributed by atoms with E-state index < -0.39 is 23.6 Å². The quantitative estimate of drug-likeness (QED) is 0.620. The minimum atomic E-state index is -4.65. The van der Waals surface area contributed by atoms with Crippen molar-refractivity contribution < 1.29 is 22.8 Å². The molecule has 2 aliphatic heterocycles. The zero-order valence-electron chi connectivity index (χ0n) is 16.0. The molecular weight excluding hydrogens is 454 g/mol. The van der Waals surface area contributed by atoms with Crippen LogP contribution in [0.4, 0.5) is 24.5 Å². The summed E-state index contributed by atoms with van der Waals surface area (Å²) in [5.41, 5.74) is -0.350. The lowest BCUT2D eigenvalue weighted by atomic mass is 10.1. The molecule has 0 bridgehead atoms. The lowest BCUT2D eigenvalue weighted by Gasteiger charge is -2.37. The van der Waals surface area contributed by atoms with Crippen LogP contribution in [0.25, 0.3) is 0 Å². The second kappa shape index (κ2) is 8.09. The Morgan fingerprint density at radius 3 is 2.03 bits per heavy atom. The molecule has 5 nitrogen and oxygen atoms in total. The Balaban J connectivity index is 1.57. The molecule has 31 heavy (non-hydrogen) atoms. The SMILES string of the molecule is O=C1C(Cl)=C(N2CCN(c3ccccc3)CC2)C(=O)N1c1cc(C(F)(F)F)ccc1Cl. The monoisotopic (exact) mass is 469 g/mol. The predicted molar refractivity (Wildman–Crippen MR) is 112 cm³/mol. The number of imide groups is 1. The lowest BCUT2D eigenvalue weighted by molar-refractivity contribution is -0.137. The van der Waals surface area contributed by atoms with E-state index in [9.17, 15) is 22.8 Å². The molecule has 0 N–H and O–H groups in total. The number of nitrogens with zero attached hydrogens (tertiary/aromatic N) is 3. The first-order chi connectivity index (χ1) is 14.7. The molecule has 1 fully saturated rings. The van der Waals surface area contributed by atoms with Crippen molar-refractivity contribution in [1.82, 2.24) is 4.90 Å². The van der Waals surface area contributed by atoms with Crippen LogP contribution in [-0.2, 0) is 15.8 Å². The first kappa shape index (κ1) is 21.5. The van der Waals surface area contributed by atoms with Gasteiger partial charge in [0, 0.05) is 31.9 Å². The number of hydrogen-bond acceptors (Lipinski definition) is 4. The van der Waals surface area contributed by atoms with E-state index in [2.05, 4.69) is 4.90 Å². The fourth-order valence-electron chi connectivity index (χ4n) is 3.67. The largest absolute Gasteiger partial charge is 0.416 e. The van der Waals surface area contributed by atoms with Crippen molar-refractivity contribution in [1.29, 1.82) is 0 Å². The van der Waals surface area contributed by atoms with Gasteiger partial charge in [-0.05, 0) is 30.3 Å². The maximum absolute atomic E-state index is 13.1. The number of piperazine rings is 1. The van der Waals surface area contributed by atoms with Crippen molar-refractivity contribution in [3.63, 3.8) is 0 Å². The third kappa shape index (κ3) is 3.97. The standard InChI is InChI=1S/C21H16Cl2F3N3O2/c22-15-7-6-13(21(24,25)26)12-16(15)29-19(30)17(23)18(20(29)31)28-10-8-27(9-11-28)14-4-2-1-3-5-14/h1-7,12H,8-11H2. The number of rotatable bonds is 3. The van der Waals surface area contributed by atoms with Gasteiger partial charge >= 0.3 is 6.18 Å². The van der Waals surface area contributed by atoms with E-state index in [0.717, 1.165) is 17.8 Å². The second-order valence-corrected chi connectivity index (χ2v) is 7.87. The van der Waals surface area contributed by atoms with Gasteiger partial charge in [0.05, 0.1) is 16.3 Å². The molecule has 2 heterocycles. The number of anilines is 2. The highest BCUT2D eigenvalue weighted by atomic mass is 35.5. The molecule has 0 atom stereocenters. The summed E-state index contributed by atoms with van der Waals surface area (Å²) >= 11 is 12.2. The summed E-state index contributed by atoms with van der Waals surface area (Å²) < 4.78 is 39.4. The third-order valence-corrected chi connectivity index (χ3v) is 5.90. The minimum Gasteiger partial charge on any atom is -0.368 e. The number of para-hydroxylation sites is 1. The van der Waals surface area contributed by atoms with Crippen LogP contribution in [0.5, 0.6) is 0 Å². The van der Waals surface area contributed by atoms with Crippen LogP contribution < -0.4 is 9.80 Å². The van der Waals surface area contributed by atoms with Crippen LogP contribution in [0.2, 0.25) is 5.02 Å². The summed E-state index contributed by atoms with van der Waals surface area (Å²) in [7, 11) is 0. The maximum Gasteiger partial charge on any atom is 0.416 e. The highest BCUT2D eigenvalue weighted by Crippen LogP contribution is 2.39. The molecule has 0 aromatic heterocycles. The molecule has 2 amide bonds. The minimum absolute atomic E-state index is 0.0205. The highest BCUT2D eigenvalue weighted by molar-refractivity contribution is 6.53. The molecule has 2 aromatic carbocycles. The van der Waals surface area contributed by atoms with E-state index in [-0.39, 0.29) is 21.4 Å². The van der Waals surface area contributed by atoms with Gasteiger partial charge in [-0.25, -0.2) is 4.90 Å². The molecule has 2 aliphatic rings. The van der Waals surface area contributed by atoms with E-state index in [1.54, 1.807) is 4.90 Å². The van der Waals surface area contributed by atoms with Gasteiger partial charge in [-0.15, -0.1) is 0 Å². The molecule has 0 spiro atoms. The Labute approximate surface area is 186 Å². The number of benzene rings is 2. The fraction of sp³-hybridized carbons (Fsp3) is 0.238. The number of hydrogen-bond donors (Lipinski definition) is 0. The van der Waals surface area contributed by atoms with Gasteiger partial charge in [-0.1, -0.05) is 41.4 Å². The van der Waals surface area contributed by atoms with Gasteiger partial charge in [0.15, 0.2) is 0 Å². The fourth-order valence-corrected chi connectivity index (χ4v) is 4.16. The molecule has 0 radical (unpaired) electrons. The van der Waals surface area contributed by atoms with Gasteiger partial charge in [0.1, 0.15) is 10.7 Å². The van der Waals surface area contributed by atoms with Crippen LogP contribution in [0.1, 0.15) is 5.56 Å². The highest BCUT2D eigenvalue weighted by Gasteiger charge is 2.43. The molecule has 162 valence electrons. The number of alkyl halides is 3. The number of carbonyl (C=O) groups is 2. The van der Waals surface area contributed by atoms with Gasteiger partial charge in [-0.2, -0.15) is 13.2 Å². The molecule has 10 heteroatoms. The zero-order valence-corrected chi connectivity index (χ0v) is 17.5. The second-order valence-electron chi connectivity index (χ2n) is 7.08. The Bertz CT molecular complexity index is 1070. The lowest BCUT2D eigenvalue weighted by Crippen LogP contribution is -2.47. The summed E-state index contributed by atoms with van der Waals surface area (Å²) in [6.45, 7) is 2.01. The topological polar surface area (TPSA) is 43.9 Å². The molecular formula is C21H16Cl2F3N3O2. The first-order valence-electron chi connectivity index (χ1n) is 9.38. The molecule has 0 unspecified atom stereocenters. The van der Waals surface area contributed by atoms with Gasteiger partial charge in [0.2, 0.25) is 0 Å². The Morgan fingerprint density at radius 2 is 1.42 bits per heavy atom. The smallest absolute Gasteiger partial charge is 0.368 e. The van der Waals surface area contributed by atoms with Gasteiger partial charge in [0.25, 0.3) is 11.8 Å². The molecule has 4 rings (SSSR count). The Kier molecular flexibility index (Phi) is 5.61. The predicted octanol–water partition coefficient (Wildman–Crippen LogP) is 4.50. The van der Waals surface area contributed by atoms with E-state index in [1.165, 1.54) is 0 Å². The van der Waals surface area contributed by atoms with E-state index in [1.807, 2.05) is 30.3 Å². The molecule has 2 aromatic rings. The van der Waals surface area contributed by atoms with Crippen LogP contribution >= 0.6 is 23.2 Å². The van der Waals surface area contributed by atoms with Crippen molar-refractivity contribution in [3.05, 3.63) is 69.8 Å². The van der Waals surface area contributed by atoms with Crippen molar-refractivity contribution in [3.8, 4) is 0 Å². The van der Waals surface area contributed by atoms with Crippen LogP contribution in [0, 0.1) is 0 Å². The summed E-state index contributed by atoms with van der Waals surface area (Å²) in [6.07, 6.45) is -4.65. The average Bonchev–Trinajstić information content (AvgIpc) is 2.97. The zero-order chi connectivity index (χ0) is 22.3. The van der Waals surface area contributed by atoms with Gasteiger partial charge < -0.3 is 9.80 Å². The summed E-state index contributed by atoms with van der Waals surface area (Å²) in [5.74, 6) is -1.68. The summed E-state index contributed by atoms with van der Waals surface area (Å²) in [4.78, 5) is 30.2. The van der Waals surface area contributed by atoms with Crippen LogP contribution in [0.3, 0.4) is 0 Å². The summed E-state index contributed by atoms with van der Waals surface area (Å²) in [6, 6.07) is 12.2. The normalized spacial score (nSPS) is 17.8. The Morgan fingerprint density at radius 1 is 0.806 bits per heavy atom. The van der Waals surface area contributed by atoms with Crippen LogP contribution in [0.15, 0.2) is 59.3 Å². The van der Waals surface area contributed by atoms with Crippen molar-refractivity contribution >= 4 is 46.4 Å². The number of halogens is 5. The van der Waals surface area contributed by atoms with Crippen LogP contribution in [-0.4, -0.2) is 42.9 Å². The number of amides is 2. The van der Waals surface area contributed by atoms with Crippen molar-refractivity contribution in [2.75, 3.05) is 36.0 Å². The third-order valence-electron chi connectivity index (χ3n) is 5.24. The number of carbonyl (C=O) groups excluding carboxylic acids is 2. The molecule has 0 aliphatic carbocycles. The average molecular weight is 470 g/mol. The van der Waals surface area contributed by atoms with Gasteiger partial charge in [-0.3, -0.25) is 9.59 Å². The van der Waals surface area contributed by atoms with Crippen molar-refractivity contribution in [2.45, 2.75) is 6.18 Å². The van der Waals surface area contributed by atoms with E-state index in [0.29, 0.717) is 37.1 Å². The Hall–Kier alpha value is -2.71. The first-order valence-corrected chi connectivity index (χ1v) is 10.1. The molecule has 1 saturated heterocycles. The maximum atomic E-state index is 13.1. The summed E-state index contributed by atoms with van der Waals surface area (Å²) in [5, 5.41) is -0.485. The van der Waals surface area contributed by atoms with E-state index >= 15 is 0 Å². The van der Waals surface area contributed by atoms with Crippen molar-refractivity contribution in [2.24, 2.45) is 0 Å². The molecule has 0 saturated carbocycles.